The van der Waals surface area contributed by atoms with Crippen LogP contribution < -0.4 is 0 Å². The number of rotatable bonds is 4. The quantitative estimate of drug-likeness (QED) is 0.640. The zero-order valence-corrected chi connectivity index (χ0v) is 17.5. The summed E-state index contributed by atoms with van der Waals surface area (Å²) in [5, 5.41) is 27.7. The summed E-state index contributed by atoms with van der Waals surface area (Å²) in [6.07, 6.45) is 6.26. The van der Waals surface area contributed by atoms with Gasteiger partial charge >= 0.3 is 11.9 Å². The molecule has 6 nitrogen and oxygen atoms in total. The number of carbonyl (C=O) groups excluding carboxylic acids is 1. The van der Waals surface area contributed by atoms with Crippen molar-refractivity contribution < 1.29 is 29.6 Å². The third kappa shape index (κ3) is 6.46. The number of aliphatic carboxylic acids is 1. The molecule has 158 valence electrons. The van der Waals surface area contributed by atoms with E-state index in [1.807, 2.05) is 13.8 Å². The number of aliphatic hydroxyl groups is 2. The first-order chi connectivity index (χ1) is 12.4. The van der Waals surface area contributed by atoms with E-state index in [1.54, 1.807) is 13.8 Å². The summed E-state index contributed by atoms with van der Waals surface area (Å²) in [6.45, 7) is 7.41. The average molecular weight is 387 g/mol. The van der Waals surface area contributed by atoms with Gasteiger partial charge in [0.15, 0.2) is 0 Å². The summed E-state index contributed by atoms with van der Waals surface area (Å²) in [7, 11) is 1.43. The van der Waals surface area contributed by atoms with E-state index in [2.05, 4.69) is 0 Å². The molecule has 0 aromatic heterocycles. The molecule has 0 heterocycles. The Morgan fingerprint density at radius 3 is 1.37 bits per heavy atom. The second kappa shape index (κ2) is 9.87. The van der Waals surface area contributed by atoms with Gasteiger partial charge in [-0.2, -0.15) is 0 Å². The molecule has 0 atom stereocenters. The maximum Gasteiger partial charge on any atom is 0.311 e. The van der Waals surface area contributed by atoms with Crippen LogP contribution in [0.4, 0.5) is 0 Å². The number of ether oxygens (including phenoxy) is 1. The van der Waals surface area contributed by atoms with Crippen LogP contribution in [0.15, 0.2) is 0 Å². The van der Waals surface area contributed by atoms with E-state index in [0.717, 1.165) is 51.4 Å². The van der Waals surface area contributed by atoms with Gasteiger partial charge in [-0.25, -0.2) is 0 Å². The molecule has 0 unspecified atom stereocenters. The monoisotopic (exact) mass is 386 g/mol. The van der Waals surface area contributed by atoms with Gasteiger partial charge in [0.2, 0.25) is 0 Å². The van der Waals surface area contributed by atoms with Gasteiger partial charge in [-0.15, -0.1) is 0 Å². The van der Waals surface area contributed by atoms with Crippen LogP contribution in [0.25, 0.3) is 0 Å². The first-order valence-corrected chi connectivity index (χ1v) is 10.1. The largest absolute Gasteiger partial charge is 0.481 e. The maximum absolute atomic E-state index is 11.5. The highest BCUT2D eigenvalue weighted by Gasteiger charge is 2.39. The number of hydrogen-bond donors (Lipinski definition) is 3. The maximum atomic E-state index is 11.5. The molecule has 2 aliphatic carbocycles. The molecule has 0 aliphatic heterocycles. The summed E-state index contributed by atoms with van der Waals surface area (Å²) in [5.74, 6) is -0.306. The Morgan fingerprint density at radius 2 is 1.07 bits per heavy atom. The molecule has 2 aliphatic rings. The molecule has 0 saturated heterocycles. The number of carbonyl (C=O) groups is 2. The van der Waals surface area contributed by atoms with Crippen molar-refractivity contribution in [3.05, 3.63) is 0 Å². The highest BCUT2D eigenvalue weighted by atomic mass is 16.5. The van der Waals surface area contributed by atoms with Crippen molar-refractivity contribution in [2.24, 2.45) is 22.7 Å². The fourth-order valence-electron chi connectivity index (χ4n) is 4.20. The summed E-state index contributed by atoms with van der Waals surface area (Å²) in [6, 6.07) is 0. The second-order valence-corrected chi connectivity index (χ2v) is 9.25. The summed E-state index contributed by atoms with van der Waals surface area (Å²) < 4.78 is 4.79. The Labute approximate surface area is 163 Å². The van der Waals surface area contributed by atoms with Crippen molar-refractivity contribution in [3.8, 4) is 0 Å². The van der Waals surface area contributed by atoms with Gasteiger partial charge < -0.3 is 20.1 Å². The zero-order chi connectivity index (χ0) is 20.8. The van der Waals surface area contributed by atoms with Crippen molar-refractivity contribution in [1.82, 2.24) is 0 Å². The molecule has 6 heteroatoms. The number of esters is 1. The van der Waals surface area contributed by atoms with Crippen molar-refractivity contribution in [2.45, 2.75) is 91.3 Å². The molecule has 2 fully saturated rings. The minimum atomic E-state index is -0.728. The summed E-state index contributed by atoms with van der Waals surface area (Å²) in [4.78, 5) is 22.5. The summed E-state index contributed by atoms with van der Waals surface area (Å²) >= 11 is 0. The first kappa shape index (κ1) is 23.9. The Morgan fingerprint density at radius 1 is 0.741 bits per heavy atom. The molecule has 2 rings (SSSR count). The van der Waals surface area contributed by atoms with E-state index in [1.165, 1.54) is 7.11 Å². The number of carboxylic acids is 1. The van der Waals surface area contributed by atoms with Crippen LogP contribution in [0.1, 0.15) is 79.1 Å². The van der Waals surface area contributed by atoms with Crippen LogP contribution in [-0.4, -0.2) is 46.6 Å². The van der Waals surface area contributed by atoms with E-state index >= 15 is 0 Å². The molecule has 0 aromatic carbocycles. The van der Waals surface area contributed by atoms with Gasteiger partial charge in [0.25, 0.3) is 0 Å². The van der Waals surface area contributed by atoms with E-state index in [4.69, 9.17) is 9.84 Å². The standard InChI is InChI=1S/C11H20O3.C10H18O3/c1-11(2,10(13)14-3)8-4-6-9(12)7-5-8;1-10(2,9(12)13)7-3-5-8(11)6-4-7/h8-9,12H,4-7H2,1-3H3;7-8,11H,3-6H2,1-2H3,(H,12,13). The first-order valence-electron chi connectivity index (χ1n) is 10.1. The van der Waals surface area contributed by atoms with Gasteiger partial charge in [-0.1, -0.05) is 0 Å². The van der Waals surface area contributed by atoms with Crippen molar-refractivity contribution in [1.29, 1.82) is 0 Å². The zero-order valence-electron chi connectivity index (χ0n) is 17.5. The third-order valence-corrected chi connectivity index (χ3v) is 6.70. The van der Waals surface area contributed by atoms with Gasteiger partial charge in [-0.05, 0) is 90.9 Å². The lowest BCUT2D eigenvalue weighted by Gasteiger charge is -2.35. The lowest BCUT2D eigenvalue weighted by molar-refractivity contribution is -0.155. The Kier molecular flexibility index (Phi) is 8.74. The van der Waals surface area contributed by atoms with E-state index in [9.17, 15) is 19.8 Å². The third-order valence-electron chi connectivity index (χ3n) is 6.70. The molecule has 0 amide bonds. The molecule has 0 spiro atoms. The lowest BCUT2D eigenvalue weighted by atomic mass is 9.70. The predicted molar refractivity (Wildman–Crippen MR) is 103 cm³/mol. The number of hydrogen-bond acceptors (Lipinski definition) is 5. The number of methoxy groups -OCH3 is 1. The van der Waals surface area contributed by atoms with Crippen molar-refractivity contribution in [3.63, 3.8) is 0 Å². The Balaban J connectivity index is 0.000000271. The lowest BCUT2D eigenvalue weighted by Crippen LogP contribution is -2.37. The van der Waals surface area contributed by atoms with Gasteiger partial charge in [-0.3, -0.25) is 9.59 Å². The predicted octanol–water partition coefficient (Wildman–Crippen LogP) is 3.39. The molecule has 3 N–H and O–H groups in total. The van der Waals surface area contributed by atoms with E-state index in [-0.39, 0.29) is 24.1 Å². The normalized spacial score (nSPS) is 29.3. The fraction of sp³-hybridized carbons (Fsp3) is 0.905. The molecular formula is C21H38O6. The highest BCUT2D eigenvalue weighted by Crippen LogP contribution is 2.39. The molecule has 0 radical (unpaired) electrons. The summed E-state index contributed by atoms with van der Waals surface area (Å²) in [5.41, 5.74) is -1.05. The molecular weight excluding hydrogens is 348 g/mol. The van der Waals surface area contributed by atoms with E-state index in [0.29, 0.717) is 5.92 Å². The van der Waals surface area contributed by atoms with Crippen LogP contribution in [0.3, 0.4) is 0 Å². The topological polar surface area (TPSA) is 104 Å². The van der Waals surface area contributed by atoms with Crippen LogP contribution in [0.2, 0.25) is 0 Å². The molecule has 0 aromatic rings. The average Bonchev–Trinajstić information content (AvgIpc) is 2.62. The van der Waals surface area contributed by atoms with Crippen LogP contribution in [0.5, 0.6) is 0 Å². The Bertz CT molecular complexity index is 483. The van der Waals surface area contributed by atoms with Crippen LogP contribution in [0, 0.1) is 22.7 Å². The SMILES string of the molecule is CC(C)(C(=O)O)C1CCC(O)CC1.COC(=O)C(C)(C)C1CCC(O)CC1. The Hall–Kier alpha value is -1.14. The molecule has 0 bridgehead atoms. The van der Waals surface area contributed by atoms with Gasteiger partial charge in [0, 0.05) is 0 Å². The highest BCUT2D eigenvalue weighted by molar-refractivity contribution is 5.76. The second-order valence-electron chi connectivity index (χ2n) is 9.25. The number of carboxylic acid groups (broad SMARTS) is 1. The number of aliphatic hydroxyl groups excluding tert-OH is 2. The minimum Gasteiger partial charge on any atom is -0.481 e. The van der Waals surface area contributed by atoms with Gasteiger partial charge in [0.05, 0.1) is 30.1 Å². The molecule has 27 heavy (non-hydrogen) atoms. The minimum absolute atomic E-state index is 0.140. The van der Waals surface area contributed by atoms with Crippen LogP contribution in [-0.2, 0) is 14.3 Å². The van der Waals surface area contributed by atoms with Crippen LogP contribution >= 0.6 is 0 Å². The van der Waals surface area contributed by atoms with Gasteiger partial charge in [0.1, 0.15) is 0 Å². The smallest absolute Gasteiger partial charge is 0.311 e. The fourth-order valence-corrected chi connectivity index (χ4v) is 4.20. The van der Waals surface area contributed by atoms with Crippen molar-refractivity contribution in [2.75, 3.05) is 7.11 Å². The van der Waals surface area contributed by atoms with Crippen molar-refractivity contribution >= 4 is 11.9 Å². The van der Waals surface area contributed by atoms with E-state index < -0.39 is 16.8 Å². The molecule has 2 saturated carbocycles.